The third-order valence-electron chi connectivity index (χ3n) is 2.77. The van der Waals surface area contributed by atoms with Crippen LogP contribution in [0.2, 0.25) is 0 Å². The average Bonchev–Trinajstić information content (AvgIpc) is 2.89. The van der Waals surface area contributed by atoms with Crippen molar-refractivity contribution in [3.8, 4) is 0 Å². The quantitative estimate of drug-likeness (QED) is 0.940. The van der Waals surface area contributed by atoms with Gasteiger partial charge in [-0.15, -0.1) is 5.10 Å². The van der Waals surface area contributed by atoms with Crippen molar-refractivity contribution in [3.05, 3.63) is 46.0 Å². The summed E-state index contributed by atoms with van der Waals surface area (Å²) in [4.78, 5) is 17.9. The van der Waals surface area contributed by atoms with E-state index >= 15 is 0 Å². The monoisotopic (exact) mass is 322 g/mol. The van der Waals surface area contributed by atoms with E-state index in [4.69, 9.17) is 0 Å². The molecule has 1 amide bonds. The van der Waals surface area contributed by atoms with Crippen molar-refractivity contribution in [1.82, 2.24) is 20.1 Å². The molecule has 1 aromatic heterocycles. The van der Waals surface area contributed by atoms with Crippen molar-refractivity contribution < 1.29 is 4.79 Å². The maximum absolute atomic E-state index is 12.2. The number of hydrogen-bond acceptors (Lipinski definition) is 3. The van der Waals surface area contributed by atoms with Crippen LogP contribution in [0.15, 0.2) is 28.7 Å². The van der Waals surface area contributed by atoms with Crippen LogP contribution < -0.4 is 0 Å². The lowest BCUT2D eigenvalue weighted by atomic mass is 10.2. The van der Waals surface area contributed by atoms with E-state index in [1.807, 2.05) is 31.2 Å². The molecular weight excluding hydrogens is 308 g/mol. The van der Waals surface area contributed by atoms with E-state index in [0.29, 0.717) is 6.54 Å². The zero-order valence-corrected chi connectivity index (χ0v) is 12.4. The average molecular weight is 323 g/mol. The molecule has 1 aromatic carbocycles. The van der Waals surface area contributed by atoms with E-state index in [0.717, 1.165) is 22.3 Å². The first-order chi connectivity index (χ1) is 9.11. The van der Waals surface area contributed by atoms with E-state index < -0.39 is 0 Å². The molecule has 1 N–H and O–H groups in total. The van der Waals surface area contributed by atoms with Crippen LogP contribution >= 0.6 is 15.9 Å². The van der Waals surface area contributed by atoms with Crippen LogP contribution in [-0.4, -0.2) is 33.0 Å². The highest BCUT2D eigenvalue weighted by atomic mass is 79.9. The number of hydrogen-bond donors (Lipinski definition) is 1. The summed E-state index contributed by atoms with van der Waals surface area (Å²) >= 11 is 3.47. The molecule has 0 aliphatic heterocycles. The minimum absolute atomic E-state index is 0.188. The Morgan fingerprint density at radius 3 is 2.79 bits per heavy atom. The molecule has 0 saturated heterocycles. The molecule has 0 aliphatic rings. The summed E-state index contributed by atoms with van der Waals surface area (Å²) < 4.78 is 0.985. The standard InChI is InChI=1S/C13H15BrN4O/c1-3-11-15-12(17-16-11)13(19)18(2)8-9-6-4-5-7-10(9)14/h4-7H,3,8H2,1-2H3,(H,15,16,17). The number of nitrogens with one attached hydrogen (secondary N) is 1. The van der Waals surface area contributed by atoms with Crippen molar-refractivity contribution in [2.24, 2.45) is 0 Å². The largest absolute Gasteiger partial charge is 0.335 e. The Morgan fingerprint density at radius 1 is 1.42 bits per heavy atom. The molecule has 2 aromatic rings. The minimum atomic E-state index is -0.188. The molecule has 0 atom stereocenters. The second-order valence-electron chi connectivity index (χ2n) is 4.21. The topological polar surface area (TPSA) is 61.9 Å². The van der Waals surface area contributed by atoms with Gasteiger partial charge in [-0.1, -0.05) is 41.1 Å². The van der Waals surface area contributed by atoms with Crippen LogP contribution in [-0.2, 0) is 13.0 Å². The van der Waals surface area contributed by atoms with Gasteiger partial charge in [0.15, 0.2) is 0 Å². The van der Waals surface area contributed by atoms with Gasteiger partial charge < -0.3 is 4.90 Å². The van der Waals surface area contributed by atoms with Gasteiger partial charge in [-0.25, -0.2) is 4.98 Å². The lowest BCUT2D eigenvalue weighted by Gasteiger charge is -2.16. The van der Waals surface area contributed by atoms with Gasteiger partial charge in [-0.2, -0.15) is 0 Å². The molecule has 0 unspecified atom stereocenters. The normalized spacial score (nSPS) is 10.5. The molecule has 0 aliphatic carbocycles. The molecule has 1 heterocycles. The summed E-state index contributed by atoms with van der Waals surface area (Å²) in [5.41, 5.74) is 1.05. The SMILES string of the molecule is CCc1nc(C(=O)N(C)Cc2ccccc2Br)n[nH]1. The van der Waals surface area contributed by atoms with Gasteiger partial charge in [-0.05, 0) is 11.6 Å². The van der Waals surface area contributed by atoms with Gasteiger partial charge in [0, 0.05) is 24.5 Å². The highest BCUT2D eigenvalue weighted by Crippen LogP contribution is 2.17. The second kappa shape index (κ2) is 5.97. The van der Waals surface area contributed by atoms with Crippen LogP contribution in [0.3, 0.4) is 0 Å². The molecule has 5 nitrogen and oxygen atoms in total. The number of halogens is 1. The minimum Gasteiger partial charge on any atom is -0.335 e. The molecule has 100 valence electrons. The van der Waals surface area contributed by atoms with Gasteiger partial charge in [0.05, 0.1) is 0 Å². The first-order valence-electron chi connectivity index (χ1n) is 6.02. The predicted octanol–water partition coefficient (Wildman–Crippen LogP) is 2.40. The van der Waals surface area contributed by atoms with E-state index in [9.17, 15) is 4.79 Å². The fourth-order valence-electron chi connectivity index (χ4n) is 1.67. The van der Waals surface area contributed by atoms with Crippen molar-refractivity contribution >= 4 is 21.8 Å². The molecule has 0 spiro atoms. The number of carbonyl (C=O) groups excluding carboxylic acids is 1. The number of aromatic amines is 1. The Balaban J connectivity index is 2.09. The number of carbonyl (C=O) groups is 1. The Labute approximate surface area is 120 Å². The number of nitrogens with zero attached hydrogens (tertiary/aromatic N) is 3. The number of aryl methyl sites for hydroxylation is 1. The Kier molecular flexibility index (Phi) is 4.31. The third kappa shape index (κ3) is 3.20. The highest BCUT2D eigenvalue weighted by molar-refractivity contribution is 9.10. The molecule has 0 fully saturated rings. The fourth-order valence-corrected chi connectivity index (χ4v) is 2.08. The van der Waals surface area contributed by atoms with Gasteiger partial charge >= 0.3 is 0 Å². The Morgan fingerprint density at radius 2 is 2.16 bits per heavy atom. The number of aromatic nitrogens is 3. The summed E-state index contributed by atoms with van der Waals surface area (Å²) in [6.07, 6.45) is 0.730. The number of rotatable bonds is 4. The third-order valence-corrected chi connectivity index (χ3v) is 3.54. The number of benzene rings is 1. The fraction of sp³-hybridized carbons (Fsp3) is 0.308. The summed E-state index contributed by atoms with van der Waals surface area (Å²) in [5, 5.41) is 6.68. The smallest absolute Gasteiger partial charge is 0.293 e. The van der Waals surface area contributed by atoms with E-state index in [2.05, 4.69) is 31.1 Å². The summed E-state index contributed by atoms with van der Waals surface area (Å²) in [6.45, 7) is 2.47. The number of amides is 1. The van der Waals surface area contributed by atoms with Crippen LogP contribution in [0, 0.1) is 0 Å². The maximum Gasteiger partial charge on any atom is 0.293 e. The second-order valence-corrected chi connectivity index (χ2v) is 5.07. The van der Waals surface area contributed by atoms with Gasteiger partial charge in [0.1, 0.15) is 5.82 Å². The Bertz CT molecular complexity index is 582. The molecular formula is C13H15BrN4O. The molecule has 0 radical (unpaired) electrons. The predicted molar refractivity (Wildman–Crippen MR) is 75.7 cm³/mol. The molecule has 0 saturated carbocycles. The van der Waals surface area contributed by atoms with Crippen molar-refractivity contribution in [3.63, 3.8) is 0 Å². The molecule has 2 rings (SSSR count). The lowest BCUT2D eigenvalue weighted by molar-refractivity contribution is 0.0773. The van der Waals surface area contributed by atoms with Crippen LogP contribution in [0.4, 0.5) is 0 Å². The van der Waals surface area contributed by atoms with Crippen molar-refractivity contribution in [2.75, 3.05) is 7.05 Å². The van der Waals surface area contributed by atoms with Crippen LogP contribution in [0.1, 0.15) is 28.9 Å². The summed E-state index contributed by atoms with van der Waals surface area (Å²) in [5.74, 6) is 0.746. The van der Waals surface area contributed by atoms with Crippen LogP contribution in [0.5, 0.6) is 0 Å². The molecule has 19 heavy (non-hydrogen) atoms. The molecule has 0 bridgehead atoms. The highest BCUT2D eigenvalue weighted by Gasteiger charge is 2.17. The lowest BCUT2D eigenvalue weighted by Crippen LogP contribution is -2.27. The van der Waals surface area contributed by atoms with E-state index in [-0.39, 0.29) is 11.7 Å². The first kappa shape index (κ1) is 13.7. The van der Waals surface area contributed by atoms with Gasteiger partial charge in [-0.3, -0.25) is 9.89 Å². The summed E-state index contributed by atoms with van der Waals surface area (Å²) in [6, 6.07) is 7.82. The maximum atomic E-state index is 12.2. The number of H-pyrrole nitrogens is 1. The van der Waals surface area contributed by atoms with Crippen molar-refractivity contribution in [2.45, 2.75) is 19.9 Å². The van der Waals surface area contributed by atoms with Crippen LogP contribution in [0.25, 0.3) is 0 Å². The Hall–Kier alpha value is -1.69. The van der Waals surface area contributed by atoms with E-state index in [1.54, 1.807) is 11.9 Å². The first-order valence-corrected chi connectivity index (χ1v) is 6.81. The summed E-state index contributed by atoms with van der Waals surface area (Å²) in [7, 11) is 1.74. The van der Waals surface area contributed by atoms with Gasteiger partial charge in [0.2, 0.25) is 5.82 Å². The van der Waals surface area contributed by atoms with Crippen molar-refractivity contribution in [1.29, 1.82) is 0 Å². The van der Waals surface area contributed by atoms with E-state index in [1.165, 1.54) is 0 Å². The zero-order chi connectivity index (χ0) is 13.8. The zero-order valence-electron chi connectivity index (χ0n) is 10.9. The van der Waals surface area contributed by atoms with Gasteiger partial charge in [0.25, 0.3) is 5.91 Å². The molecule has 6 heteroatoms.